The van der Waals surface area contributed by atoms with Crippen LogP contribution in [0.25, 0.3) is 0 Å². The Hall–Kier alpha value is -1.39. The second kappa shape index (κ2) is 6.98. The van der Waals surface area contributed by atoms with Gasteiger partial charge in [0.15, 0.2) is 0 Å². The molecule has 1 aromatic carbocycles. The minimum Gasteiger partial charge on any atom is -0.375 e. The Morgan fingerprint density at radius 1 is 1.38 bits per heavy atom. The topological polar surface area (TPSA) is 55.6 Å². The maximum absolute atomic E-state index is 11.8. The predicted molar refractivity (Wildman–Crippen MR) is 64.3 cm³/mol. The molecule has 0 heterocycles. The van der Waals surface area contributed by atoms with E-state index in [-0.39, 0.29) is 12.5 Å². The summed E-state index contributed by atoms with van der Waals surface area (Å²) in [6.07, 6.45) is 0.782. The first kappa shape index (κ1) is 12.7. The number of amides is 1. The van der Waals surface area contributed by atoms with Crippen molar-refractivity contribution < 1.29 is 9.53 Å². The van der Waals surface area contributed by atoms with Crippen molar-refractivity contribution in [3.05, 3.63) is 30.3 Å². The van der Waals surface area contributed by atoms with E-state index in [0.717, 1.165) is 12.1 Å². The fourth-order valence-corrected chi connectivity index (χ4v) is 1.46. The zero-order valence-electron chi connectivity index (χ0n) is 9.56. The maximum Gasteiger partial charge on any atom is 0.252 e. The maximum atomic E-state index is 11.8. The van der Waals surface area contributed by atoms with Crippen LogP contribution in [0.2, 0.25) is 0 Å². The first-order valence-corrected chi connectivity index (χ1v) is 5.34. The molecule has 0 saturated carbocycles. The lowest BCUT2D eigenvalue weighted by atomic mass is 10.2. The molecule has 1 amide bonds. The minimum atomic E-state index is -0.0397. The van der Waals surface area contributed by atoms with E-state index in [0.29, 0.717) is 13.1 Å². The molecule has 2 N–H and O–H groups in total. The monoisotopic (exact) mass is 222 g/mol. The van der Waals surface area contributed by atoms with Crippen molar-refractivity contribution in [3.63, 3.8) is 0 Å². The van der Waals surface area contributed by atoms with Gasteiger partial charge in [-0.05, 0) is 25.1 Å². The molecule has 0 unspecified atom stereocenters. The van der Waals surface area contributed by atoms with Crippen molar-refractivity contribution in [3.8, 4) is 0 Å². The van der Waals surface area contributed by atoms with Gasteiger partial charge >= 0.3 is 0 Å². The molecule has 16 heavy (non-hydrogen) atoms. The molecule has 0 spiro atoms. The number of para-hydroxylation sites is 1. The van der Waals surface area contributed by atoms with Gasteiger partial charge in [-0.15, -0.1) is 0 Å². The molecule has 4 nitrogen and oxygen atoms in total. The van der Waals surface area contributed by atoms with Crippen molar-refractivity contribution in [2.24, 2.45) is 5.73 Å². The van der Waals surface area contributed by atoms with E-state index < -0.39 is 0 Å². The van der Waals surface area contributed by atoms with Gasteiger partial charge < -0.3 is 15.4 Å². The van der Waals surface area contributed by atoms with Crippen LogP contribution >= 0.6 is 0 Å². The summed E-state index contributed by atoms with van der Waals surface area (Å²) in [7, 11) is 1.52. The number of anilines is 1. The lowest BCUT2D eigenvalue weighted by molar-refractivity contribution is -0.122. The SMILES string of the molecule is COCC(=O)N(CCCN)c1ccccc1. The highest BCUT2D eigenvalue weighted by molar-refractivity contribution is 5.94. The molecule has 0 bridgehead atoms. The lowest BCUT2D eigenvalue weighted by Crippen LogP contribution is -2.35. The van der Waals surface area contributed by atoms with Crippen molar-refractivity contribution >= 4 is 11.6 Å². The van der Waals surface area contributed by atoms with E-state index in [2.05, 4.69) is 0 Å². The van der Waals surface area contributed by atoms with E-state index >= 15 is 0 Å². The number of nitrogens with zero attached hydrogens (tertiary/aromatic N) is 1. The largest absolute Gasteiger partial charge is 0.375 e. The standard InChI is InChI=1S/C12H18N2O2/c1-16-10-12(15)14(9-5-8-13)11-6-3-2-4-7-11/h2-4,6-7H,5,8-10,13H2,1H3. The summed E-state index contributed by atoms with van der Waals surface area (Å²) in [5.74, 6) is -0.0397. The van der Waals surface area contributed by atoms with Crippen molar-refractivity contribution in [1.82, 2.24) is 0 Å². The molecule has 0 fully saturated rings. The summed E-state index contributed by atoms with van der Waals surface area (Å²) >= 11 is 0. The molecule has 4 heteroatoms. The molecule has 1 aromatic rings. The highest BCUT2D eigenvalue weighted by Gasteiger charge is 2.14. The molecule has 0 saturated heterocycles. The third kappa shape index (κ3) is 3.64. The Bertz CT molecular complexity index is 314. The predicted octanol–water partition coefficient (Wildman–Crippen LogP) is 1.01. The van der Waals surface area contributed by atoms with Crippen LogP contribution in [-0.4, -0.2) is 32.7 Å². The fourth-order valence-electron chi connectivity index (χ4n) is 1.46. The Morgan fingerprint density at radius 2 is 2.06 bits per heavy atom. The molecule has 0 aliphatic carbocycles. The van der Waals surface area contributed by atoms with Crippen LogP contribution < -0.4 is 10.6 Å². The van der Waals surface area contributed by atoms with Crippen molar-refractivity contribution in [2.45, 2.75) is 6.42 Å². The van der Waals surface area contributed by atoms with Crippen molar-refractivity contribution in [1.29, 1.82) is 0 Å². The van der Waals surface area contributed by atoms with E-state index in [4.69, 9.17) is 10.5 Å². The summed E-state index contributed by atoms with van der Waals surface area (Å²) in [4.78, 5) is 13.5. The molecule has 0 radical (unpaired) electrons. The van der Waals surface area contributed by atoms with Crippen LogP contribution in [0, 0.1) is 0 Å². The van der Waals surface area contributed by atoms with Gasteiger partial charge in [-0.3, -0.25) is 4.79 Å². The summed E-state index contributed by atoms with van der Waals surface area (Å²) in [5.41, 5.74) is 6.35. The molecular weight excluding hydrogens is 204 g/mol. The van der Waals surface area contributed by atoms with Crippen LogP contribution in [0.15, 0.2) is 30.3 Å². The normalized spacial score (nSPS) is 10.1. The van der Waals surface area contributed by atoms with Crippen LogP contribution in [0.3, 0.4) is 0 Å². The van der Waals surface area contributed by atoms with Gasteiger partial charge in [-0.1, -0.05) is 18.2 Å². The zero-order chi connectivity index (χ0) is 11.8. The van der Waals surface area contributed by atoms with Gasteiger partial charge in [-0.2, -0.15) is 0 Å². The number of methoxy groups -OCH3 is 1. The highest BCUT2D eigenvalue weighted by Crippen LogP contribution is 2.13. The number of nitrogens with two attached hydrogens (primary N) is 1. The third-order valence-corrected chi connectivity index (χ3v) is 2.22. The number of benzene rings is 1. The summed E-state index contributed by atoms with van der Waals surface area (Å²) in [5, 5.41) is 0. The minimum absolute atomic E-state index is 0.0397. The Labute approximate surface area is 96.0 Å². The number of carbonyl (C=O) groups is 1. The summed E-state index contributed by atoms with van der Waals surface area (Å²) in [6, 6.07) is 9.55. The molecule has 1 rings (SSSR count). The van der Waals surface area contributed by atoms with Gasteiger partial charge in [0, 0.05) is 19.3 Å². The zero-order valence-corrected chi connectivity index (χ0v) is 9.56. The molecule has 88 valence electrons. The average molecular weight is 222 g/mol. The third-order valence-electron chi connectivity index (χ3n) is 2.22. The quantitative estimate of drug-likeness (QED) is 0.781. The first-order chi connectivity index (χ1) is 7.79. The molecule has 0 aromatic heterocycles. The Morgan fingerprint density at radius 3 is 2.62 bits per heavy atom. The van der Waals surface area contributed by atoms with Crippen molar-refractivity contribution in [2.75, 3.05) is 31.7 Å². The van der Waals surface area contributed by atoms with Gasteiger partial charge in [-0.25, -0.2) is 0 Å². The van der Waals surface area contributed by atoms with Gasteiger partial charge in [0.05, 0.1) is 0 Å². The number of rotatable bonds is 6. The fraction of sp³-hybridized carbons (Fsp3) is 0.417. The molecule has 0 aliphatic rings. The van der Waals surface area contributed by atoms with E-state index in [1.165, 1.54) is 7.11 Å². The van der Waals surface area contributed by atoms with E-state index in [1.807, 2.05) is 30.3 Å². The lowest BCUT2D eigenvalue weighted by Gasteiger charge is -2.22. The van der Waals surface area contributed by atoms with E-state index in [9.17, 15) is 4.79 Å². The van der Waals surface area contributed by atoms with Crippen LogP contribution in [0.5, 0.6) is 0 Å². The van der Waals surface area contributed by atoms with Gasteiger partial charge in [0.1, 0.15) is 6.61 Å². The smallest absolute Gasteiger partial charge is 0.252 e. The number of hydrogen-bond acceptors (Lipinski definition) is 3. The average Bonchev–Trinajstić information content (AvgIpc) is 2.31. The van der Waals surface area contributed by atoms with Gasteiger partial charge in [0.2, 0.25) is 0 Å². The van der Waals surface area contributed by atoms with Gasteiger partial charge in [0.25, 0.3) is 5.91 Å². The van der Waals surface area contributed by atoms with E-state index in [1.54, 1.807) is 4.90 Å². The number of carbonyl (C=O) groups excluding carboxylic acids is 1. The summed E-state index contributed by atoms with van der Waals surface area (Å²) in [6.45, 7) is 1.30. The summed E-state index contributed by atoms with van der Waals surface area (Å²) < 4.78 is 4.86. The Balaban J connectivity index is 2.74. The second-order valence-electron chi connectivity index (χ2n) is 3.46. The van der Waals surface area contributed by atoms with Crippen LogP contribution in [0.1, 0.15) is 6.42 Å². The number of ether oxygens (including phenoxy) is 1. The first-order valence-electron chi connectivity index (χ1n) is 5.34. The molecular formula is C12H18N2O2. The number of hydrogen-bond donors (Lipinski definition) is 1. The highest BCUT2D eigenvalue weighted by atomic mass is 16.5. The molecule has 0 aliphatic heterocycles. The van der Waals surface area contributed by atoms with Crippen LogP contribution in [-0.2, 0) is 9.53 Å². The molecule has 0 atom stereocenters. The second-order valence-corrected chi connectivity index (χ2v) is 3.46. The Kier molecular flexibility index (Phi) is 5.53. The van der Waals surface area contributed by atoms with Crippen LogP contribution in [0.4, 0.5) is 5.69 Å².